The van der Waals surface area contributed by atoms with E-state index in [1.165, 1.54) is 6.42 Å². The molecule has 29 heavy (non-hydrogen) atoms. The van der Waals surface area contributed by atoms with Crippen molar-refractivity contribution in [2.45, 2.75) is 39.7 Å². The van der Waals surface area contributed by atoms with Crippen molar-refractivity contribution in [1.82, 2.24) is 14.9 Å². The number of pyridine rings is 1. The third-order valence-corrected chi connectivity index (χ3v) is 6.02. The number of H-pyrrole nitrogens is 1. The average molecular weight is 409 g/mol. The smallest absolute Gasteiger partial charge is 0.0987 e. The second-order valence-corrected chi connectivity index (χ2v) is 8.19. The fourth-order valence-electron chi connectivity index (χ4n) is 4.11. The number of rotatable bonds is 8. The average Bonchev–Trinajstić information content (AvgIpc) is 3.09. The minimum Gasteiger partial charge on any atom is -0.380 e. The van der Waals surface area contributed by atoms with Gasteiger partial charge in [-0.25, -0.2) is 4.98 Å². The van der Waals surface area contributed by atoms with Gasteiger partial charge in [0.15, 0.2) is 0 Å². The van der Waals surface area contributed by atoms with Gasteiger partial charge in [0.05, 0.1) is 22.2 Å². The molecule has 2 aromatic carbocycles. The number of aromatic amines is 1. The number of nitrogens with one attached hydrogen (secondary N) is 2. The van der Waals surface area contributed by atoms with Gasteiger partial charge in [0.2, 0.25) is 0 Å². The Bertz CT molecular complexity index is 1130. The van der Waals surface area contributed by atoms with E-state index in [9.17, 15) is 0 Å². The highest BCUT2D eigenvalue weighted by Crippen LogP contribution is 2.36. The Morgan fingerprint density at radius 2 is 1.90 bits per heavy atom. The van der Waals surface area contributed by atoms with Crippen LogP contribution in [0.1, 0.15) is 33.6 Å². The highest BCUT2D eigenvalue weighted by molar-refractivity contribution is 6.32. The number of aromatic nitrogens is 2. The predicted octanol–water partition coefficient (Wildman–Crippen LogP) is 6.45. The Morgan fingerprint density at radius 3 is 2.69 bits per heavy atom. The van der Waals surface area contributed by atoms with Crippen LogP contribution in [-0.4, -0.2) is 40.5 Å². The summed E-state index contributed by atoms with van der Waals surface area (Å²) in [5.41, 5.74) is 5.21. The number of para-hydroxylation sites is 1. The summed E-state index contributed by atoms with van der Waals surface area (Å²) >= 11 is 6.26. The van der Waals surface area contributed by atoms with E-state index in [1.807, 2.05) is 24.3 Å². The lowest BCUT2D eigenvalue weighted by molar-refractivity contribution is 0.295. The first-order valence-corrected chi connectivity index (χ1v) is 11.0. The number of anilines is 1. The number of hydrogen-bond acceptors (Lipinski definition) is 3. The van der Waals surface area contributed by atoms with E-state index >= 15 is 0 Å². The van der Waals surface area contributed by atoms with Crippen molar-refractivity contribution in [3.05, 3.63) is 47.5 Å². The summed E-state index contributed by atoms with van der Waals surface area (Å²) < 4.78 is 0. The molecule has 0 radical (unpaired) electrons. The Kier molecular flexibility index (Phi) is 5.93. The third kappa shape index (κ3) is 4.05. The van der Waals surface area contributed by atoms with Crippen molar-refractivity contribution in [3.8, 4) is 0 Å². The molecule has 0 saturated heterocycles. The molecule has 0 bridgehead atoms. The number of nitrogens with zero attached hydrogens (tertiary/aromatic N) is 2. The Balaban J connectivity index is 1.70. The summed E-state index contributed by atoms with van der Waals surface area (Å²) in [5, 5.41) is 6.73. The number of benzene rings is 2. The SMILES string of the molecule is CCN(CC)CCC[C@@H](C)Nc1c2ccccc2nc2c1[nH]c1ccc(Cl)cc12. The van der Waals surface area contributed by atoms with Crippen LogP contribution in [0.3, 0.4) is 0 Å². The second kappa shape index (κ2) is 8.60. The second-order valence-electron chi connectivity index (χ2n) is 7.76. The molecular formula is C24H29ClN4. The van der Waals surface area contributed by atoms with Crippen molar-refractivity contribution in [2.24, 2.45) is 0 Å². The summed E-state index contributed by atoms with van der Waals surface area (Å²) in [6.45, 7) is 10.1. The van der Waals surface area contributed by atoms with E-state index in [1.54, 1.807) is 0 Å². The van der Waals surface area contributed by atoms with Crippen LogP contribution in [0.5, 0.6) is 0 Å². The van der Waals surface area contributed by atoms with Gasteiger partial charge in [-0.15, -0.1) is 0 Å². The minimum absolute atomic E-state index is 0.370. The first kappa shape index (κ1) is 20.0. The van der Waals surface area contributed by atoms with Crippen LogP contribution in [-0.2, 0) is 0 Å². The lowest BCUT2D eigenvalue weighted by Gasteiger charge is -2.21. The molecule has 0 spiro atoms. The summed E-state index contributed by atoms with van der Waals surface area (Å²) in [7, 11) is 0. The zero-order valence-electron chi connectivity index (χ0n) is 17.4. The monoisotopic (exact) mass is 408 g/mol. The van der Waals surface area contributed by atoms with Crippen LogP contribution in [0, 0.1) is 0 Å². The molecule has 4 nitrogen and oxygen atoms in total. The molecule has 0 saturated carbocycles. The predicted molar refractivity (Wildman–Crippen MR) is 126 cm³/mol. The van der Waals surface area contributed by atoms with Crippen LogP contribution in [0.4, 0.5) is 5.69 Å². The Hall–Kier alpha value is -2.30. The molecule has 2 N–H and O–H groups in total. The molecule has 0 aliphatic rings. The van der Waals surface area contributed by atoms with E-state index in [-0.39, 0.29) is 0 Å². The molecule has 5 heteroatoms. The molecule has 152 valence electrons. The highest BCUT2D eigenvalue weighted by Gasteiger charge is 2.16. The topological polar surface area (TPSA) is 44.0 Å². The summed E-state index contributed by atoms with van der Waals surface area (Å²) in [4.78, 5) is 11.0. The van der Waals surface area contributed by atoms with Gasteiger partial charge in [0.1, 0.15) is 0 Å². The van der Waals surface area contributed by atoms with Gasteiger partial charge in [-0.2, -0.15) is 0 Å². The van der Waals surface area contributed by atoms with Gasteiger partial charge in [-0.05, 0) is 63.7 Å². The fourth-order valence-corrected chi connectivity index (χ4v) is 4.29. The number of halogens is 1. The number of fused-ring (bicyclic) bond motifs is 4. The van der Waals surface area contributed by atoms with Crippen molar-refractivity contribution in [2.75, 3.05) is 25.0 Å². The number of hydrogen-bond donors (Lipinski definition) is 2. The highest BCUT2D eigenvalue weighted by atomic mass is 35.5. The molecule has 0 amide bonds. The quantitative estimate of drug-likeness (QED) is 0.352. The van der Waals surface area contributed by atoms with Crippen molar-refractivity contribution >= 4 is 50.1 Å². The van der Waals surface area contributed by atoms with Crippen LogP contribution in [0.25, 0.3) is 32.8 Å². The largest absolute Gasteiger partial charge is 0.380 e. The molecule has 0 fully saturated rings. The summed E-state index contributed by atoms with van der Waals surface area (Å²) in [6.07, 6.45) is 2.31. The van der Waals surface area contributed by atoms with Gasteiger partial charge < -0.3 is 15.2 Å². The van der Waals surface area contributed by atoms with Crippen LogP contribution >= 0.6 is 11.6 Å². The molecule has 0 aliphatic carbocycles. The van der Waals surface area contributed by atoms with Crippen molar-refractivity contribution in [1.29, 1.82) is 0 Å². The lowest BCUT2D eigenvalue weighted by atomic mass is 10.1. The molecule has 0 unspecified atom stereocenters. The minimum atomic E-state index is 0.370. The van der Waals surface area contributed by atoms with Crippen molar-refractivity contribution < 1.29 is 0 Å². The third-order valence-electron chi connectivity index (χ3n) is 5.79. The molecular weight excluding hydrogens is 380 g/mol. The van der Waals surface area contributed by atoms with Gasteiger partial charge in [0, 0.05) is 27.4 Å². The first-order chi connectivity index (χ1) is 14.1. The van der Waals surface area contributed by atoms with Gasteiger partial charge in [-0.3, -0.25) is 0 Å². The van der Waals surface area contributed by atoms with E-state index in [0.29, 0.717) is 6.04 Å². The van der Waals surface area contributed by atoms with Crippen LogP contribution in [0.2, 0.25) is 5.02 Å². The Labute approximate surface area is 177 Å². The summed E-state index contributed by atoms with van der Waals surface area (Å²) in [5.74, 6) is 0. The van der Waals surface area contributed by atoms with E-state index in [4.69, 9.17) is 16.6 Å². The lowest BCUT2D eigenvalue weighted by Crippen LogP contribution is -2.25. The van der Waals surface area contributed by atoms with E-state index in [0.717, 1.165) is 69.6 Å². The standard InChI is InChI=1S/C24H29ClN4/c1-4-29(5-2)14-8-9-16(3)26-22-18-10-6-7-11-20(18)27-23-19-15-17(25)12-13-21(19)28-24(22)23/h6-7,10-13,15-16,28H,4-5,8-9,14H2,1-3H3,(H,26,27)/t16-/m1/s1. The van der Waals surface area contributed by atoms with Gasteiger partial charge in [0.25, 0.3) is 0 Å². The summed E-state index contributed by atoms with van der Waals surface area (Å²) in [6, 6.07) is 14.7. The zero-order valence-corrected chi connectivity index (χ0v) is 18.2. The molecule has 2 aromatic heterocycles. The molecule has 2 heterocycles. The maximum atomic E-state index is 6.26. The first-order valence-electron chi connectivity index (χ1n) is 10.6. The maximum Gasteiger partial charge on any atom is 0.0987 e. The molecule has 4 rings (SSSR count). The zero-order chi connectivity index (χ0) is 20.4. The Morgan fingerprint density at radius 1 is 1.10 bits per heavy atom. The van der Waals surface area contributed by atoms with Crippen molar-refractivity contribution in [3.63, 3.8) is 0 Å². The molecule has 0 aliphatic heterocycles. The van der Waals surface area contributed by atoms with E-state index < -0.39 is 0 Å². The normalized spacial score (nSPS) is 13.0. The van der Waals surface area contributed by atoms with Gasteiger partial charge in [-0.1, -0.05) is 43.6 Å². The van der Waals surface area contributed by atoms with Gasteiger partial charge >= 0.3 is 0 Å². The maximum absolute atomic E-state index is 6.26. The van der Waals surface area contributed by atoms with Crippen LogP contribution in [0.15, 0.2) is 42.5 Å². The fraction of sp³-hybridized carbons (Fsp3) is 0.375. The van der Waals surface area contributed by atoms with Crippen LogP contribution < -0.4 is 5.32 Å². The van der Waals surface area contributed by atoms with E-state index in [2.05, 4.69) is 54.2 Å². The molecule has 1 atom stereocenters. The molecule has 4 aromatic rings.